The van der Waals surface area contributed by atoms with Gasteiger partial charge in [0.05, 0.1) is 12.0 Å². The number of rotatable bonds is 4. The molecule has 1 aromatic carbocycles. The molecule has 0 bridgehead atoms. The fraction of sp³-hybridized carbons (Fsp3) is 0.421. The lowest BCUT2D eigenvalue weighted by Crippen LogP contribution is -2.44. The van der Waals surface area contributed by atoms with Crippen LogP contribution in [0.3, 0.4) is 0 Å². The molecule has 0 saturated carbocycles. The highest BCUT2D eigenvalue weighted by molar-refractivity contribution is 8.18. The number of amides is 3. The molecule has 3 rings (SSSR count). The molecule has 2 saturated heterocycles. The number of piperidine rings is 1. The smallest absolute Gasteiger partial charge is 0.294 e. The van der Waals surface area contributed by atoms with Crippen molar-refractivity contribution in [3.8, 4) is 5.75 Å². The minimum absolute atomic E-state index is 0.162. The van der Waals surface area contributed by atoms with Crippen molar-refractivity contribution in [2.24, 2.45) is 0 Å². The highest BCUT2D eigenvalue weighted by Crippen LogP contribution is 2.33. The van der Waals surface area contributed by atoms with Crippen LogP contribution in [0.4, 0.5) is 4.79 Å². The Labute approximate surface area is 157 Å². The van der Waals surface area contributed by atoms with Crippen LogP contribution in [0.25, 0.3) is 6.08 Å². The molecule has 3 amide bonds. The number of benzene rings is 1. The number of imide groups is 1. The van der Waals surface area contributed by atoms with Gasteiger partial charge in [-0.3, -0.25) is 19.3 Å². The van der Waals surface area contributed by atoms with Crippen LogP contribution in [0.15, 0.2) is 23.1 Å². The number of nitrogens with zero attached hydrogens (tertiary/aromatic N) is 2. The maximum absolute atomic E-state index is 12.6. The topological polar surface area (TPSA) is 66.9 Å². The van der Waals surface area contributed by atoms with Gasteiger partial charge in [0.15, 0.2) is 0 Å². The standard InChI is InChI=1S/C19H22N2O4S/c1-13-6-7-14(10-15(13)25-2)11-16-18(23)21(19(24)26-16)12-17(22)20-8-4-3-5-9-20/h6-7,10-11H,3-5,8-9,12H2,1-2H3/b16-11-. The molecule has 2 aliphatic rings. The van der Waals surface area contributed by atoms with Crippen LogP contribution in [0.1, 0.15) is 30.4 Å². The Morgan fingerprint density at radius 1 is 1.23 bits per heavy atom. The molecule has 7 heteroatoms. The summed E-state index contributed by atoms with van der Waals surface area (Å²) >= 11 is 0.870. The van der Waals surface area contributed by atoms with Crippen molar-refractivity contribution < 1.29 is 19.1 Å². The predicted molar refractivity (Wildman–Crippen MR) is 101 cm³/mol. The molecule has 1 aromatic rings. The lowest BCUT2D eigenvalue weighted by atomic mass is 10.1. The molecule has 0 radical (unpaired) electrons. The quantitative estimate of drug-likeness (QED) is 0.758. The van der Waals surface area contributed by atoms with E-state index in [0.29, 0.717) is 18.0 Å². The third-order valence-corrected chi connectivity index (χ3v) is 5.51. The summed E-state index contributed by atoms with van der Waals surface area (Å²) in [4.78, 5) is 40.3. The molecular weight excluding hydrogens is 352 g/mol. The van der Waals surface area contributed by atoms with E-state index in [1.165, 1.54) is 0 Å². The first-order valence-corrected chi connectivity index (χ1v) is 9.49. The molecule has 0 spiro atoms. The van der Waals surface area contributed by atoms with Gasteiger partial charge in [-0.25, -0.2) is 0 Å². The second-order valence-electron chi connectivity index (χ2n) is 6.44. The number of hydrogen-bond donors (Lipinski definition) is 0. The molecule has 0 N–H and O–H groups in total. The summed E-state index contributed by atoms with van der Waals surface area (Å²) in [5.41, 5.74) is 1.77. The van der Waals surface area contributed by atoms with E-state index in [4.69, 9.17) is 4.74 Å². The second kappa shape index (κ2) is 7.95. The number of carbonyl (C=O) groups excluding carboxylic acids is 3. The van der Waals surface area contributed by atoms with Crippen molar-refractivity contribution in [3.05, 3.63) is 34.2 Å². The van der Waals surface area contributed by atoms with E-state index >= 15 is 0 Å². The van der Waals surface area contributed by atoms with Crippen LogP contribution >= 0.6 is 11.8 Å². The van der Waals surface area contributed by atoms with Crippen LogP contribution in [0.5, 0.6) is 5.75 Å². The Kier molecular flexibility index (Phi) is 5.66. The molecule has 26 heavy (non-hydrogen) atoms. The van der Waals surface area contributed by atoms with Gasteiger partial charge in [0.25, 0.3) is 11.1 Å². The van der Waals surface area contributed by atoms with E-state index in [1.54, 1.807) is 18.1 Å². The average Bonchev–Trinajstić information content (AvgIpc) is 2.91. The van der Waals surface area contributed by atoms with Crippen LogP contribution in [-0.4, -0.2) is 53.6 Å². The Hall–Kier alpha value is -2.28. The number of likely N-dealkylation sites (tertiary alicyclic amines) is 1. The van der Waals surface area contributed by atoms with Gasteiger partial charge in [-0.2, -0.15) is 0 Å². The monoisotopic (exact) mass is 374 g/mol. The lowest BCUT2D eigenvalue weighted by Gasteiger charge is -2.27. The van der Waals surface area contributed by atoms with Crippen LogP contribution in [0, 0.1) is 6.92 Å². The van der Waals surface area contributed by atoms with E-state index in [2.05, 4.69) is 0 Å². The highest BCUT2D eigenvalue weighted by Gasteiger charge is 2.37. The van der Waals surface area contributed by atoms with E-state index in [-0.39, 0.29) is 12.5 Å². The zero-order chi connectivity index (χ0) is 18.7. The summed E-state index contributed by atoms with van der Waals surface area (Å²) in [6.45, 7) is 3.16. The first kappa shape index (κ1) is 18.5. The third kappa shape index (κ3) is 3.93. The predicted octanol–water partition coefficient (Wildman–Crippen LogP) is 3.05. The molecular formula is C19H22N2O4S. The molecule has 0 atom stereocenters. The Morgan fingerprint density at radius 2 is 1.96 bits per heavy atom. The van der Waals surface area contributed by atoms with E-state index < -0.39 is 11.1 Å². The minimum Gasteiger partial charge on any atom is -0.496 e. The molecule has 0 unspecified atom stereocenters. The van der Waals surface area contributed by atoms with Crippen molar-refractivity contribution in [2.45, 2.75) is 26.2 Å². The van der Waals surface area contributed by atoms with Gasteiger partial charge >= 0.3 is 0 Å². The number of ether oxygens (including phenoxy) is 1. The summed E-state index contributed by atoms with van der Waals surface area (Å²) in [5.74, 6) is 0.147. The number of hydrogen-bond acceptors (Lipinski definition) is 5. The summed E-state index contributed by atoms with van der Waals surface area (Å²) in [5, 5.41) is -0.398. The van der Waals surface area contributed by atoms with Crippen molar-refractivity contribution in [3.63, 3.8) is 0 Å². The van der Waals surface area contributed by atoms with E-state index in [9.17, 15) is 14.4 Å². The first-order valence-electron chi connectivity index (χ1n) is 8.67. The van der Waals surface area contributed by atoms with E-state index in [1.807, 2.05) is 25.1 Å². The SMILES string of the molecule is COc1cc(/C=C2\SC(=O)N(CC(=O)N3CCCCC3)C2=O)ccc1C. The number of thioether (sulfide) groups is 1. The molecule has 2 heterocycles. The zero-order valence-corrected chi connectivity index (χ0v) is 15.8. The Morgan fingerprint density at radius 3 is 2.65 bits per heavy atom. The normalized spacial score (nSPS) is 19.4. The summed E-state index contributed by atoms with van der Waals surface area (Å²) < 4.78 is 5.29. The third-order valence-electron chi connectivity index (χ3n) is 4.61. The second-order valence-corrected chi connectivity index (χ2v) is 7.43. The maximum atomic E-state index is 12.6. The Balaban J connectivity index is 1.73. The van der Waals surface area contributed by atoms with Crippen molar-refractivity contribution in [1.29, 1.82) is 0 Å². The highest BCUT2D eigenvalue weighted by atomic mass is 32.2. The van der Waals surface area contributed by atoms with Gasteiger partial charge in [-0.05, 0) is 61.2 Å². The van der Waals surface area contributed by atoms with Gasteiger partial charge in [-0.1, -0.05) is 12.1 Å². The maximum Gasteiger partial charge on any atom is 0.294 e. The minimum atomic E-state index is -0.412. The lowest BCUT2D eigenvalue weighted by molar-refractivity contribution is -0.136. The molecule has 6 nitrogen and oxygen atoms in total. The van der Waals surface area contributed by atoms with Crippen molar-refractivity contribution in [2.75, 3.05) is 26.7 Å². The number of carbonyl (C=O) groups is 3. The van der Waals surface area contributed by atoms with Gasteiger partial charge in [-0.15, -0.1) is 0 Å². The first-order chi connectivity index (χ1) is 12.5. The van der Waals surface area contributed by atoms with Gasteiger partial charge in [0, 0.05) is 13.1 Å². The van der Waals surface area contributed by atoms with Crippen molar-refractivity contribution in [1.82, 2.24) is 9.80 Å². The van der Waals surface area contributed by atoms with Crippen LogP contribution in [0.2, 0.25) is 0 Å². The largest absolute Gasteiger partial charge is 0.496 e. The Bertz CT molecular complexity index is 769. The van der Waals surface area contributed by atoms with Gasteiger partial charge in [0.2, 0.25) is 5.91 Å². The molecule has 2 aliphatic heterocycles. The fourth-order valence-corrected chi connectivity index (χ4v) is 3.93. The van der Waals surface area contributed by atoms with Gasteiger partial charge in [0.1, 0.15) is 12.3 Å². The fourth-order valence-electron chi connectivity index (χ4n) is 3.09. The number of methoxy groups -OCH3 is 1. The van der Waals surface area contributed by atoms with E-state index in [0.717, 1.165) is 52.8 Å². The molecule has 0 aliphatic carbocycles. The van der Waals surface area contributed by atoms with Crippen LogP contribution < -0.4 is 4.74 Å². The number of aryl methyl sites for hydroxylation is 1. The van der Waals surface area contributed by atoms with Gasteiger partial charge < -0.3 is 9.64 Å². The summed E-state index contributed by atoms with van der Waals surface area (Å²) in [7, 11) is 1.59. The molecule has 138 valence electrons. The summed E-state index contributed by atoms with van der Waals surface area (Å²) in [6.07, 6.45) is 4.73. The summed E-state index contributed by atoms with van der Waals surface area (Å²) in [6, 6.07) is 5.59. The van der Waals surface area contributed by atoms with Crippen LogP contribution in [-0.2, 0) is 9.59 Å². The average molecular weight is 374 g/mol. The zero-order valence-electron chi connectivity index (χ0n) is 15.0. The van der Waals surface area contributed by atoms with Crippen molar-refractivity contribution >= 4 is 34.9 Å². The molecule has 2 fully saturated rings. The molecule has 0 aromatic heterocycles.